The Hall–Kier alpha value is -4.93. The van der Waals surface area contributed by atoms with Gasteiger partial charge in [0, 0.05) is 22.2 Å². The van der Waals surface area contributed by atoms with Gasteiger partial charge >= 0.3 is 5.97 Å². The molecule has 4 aromatic carbocycles. The maximum atomic E-state index is 12.4. The molecule has 0 fully saturated rings. The van der Waals surface area contributed by atoms with E-state index in [1.54, 1.807) is 30.3 Å². The maximum absolute atomic E-state index is 12.4. The van der Waals surface area contributed by atoms with E-state index in [9.17, 15) is 10.1 Å². The highest BCUT2D eigenvalue weighted by Crippen LogP contribution is 2.43. The lowest BCUT2D eigenvalue weighted by molar-refractivity contribution is -0.136. The highest BCUT2D eigenvalue weighted by Gasteiger charge is 2.31. The van der Waals surface area contributed by atoms with Crippen LogP contribution in [-0.4, -0.2) is 12.6 Å². The Balaban J connectivity index is 1.30. The van der Waals surface area contributed by atoms with Gasteiger partial charge in [0.1, 0.15) is 41.2 Å². The van der Waals surface area contributed by atoms with Crippen molar-refractivity contribution < 1.29 is 23.7 Å². The number of esters is 1. The Morgan fingerprint density at radius 3 is 2.35 bits per heavy atom. The summed E-state index contributed by atoms with van der Waals surface area (Å²) in [4.78, 5) is 12.4. The average molecular weight is 553 g/mol. The molecule has 8 heteroatoms. The average Bonchev–Trinajstić information content (AvgIpc) is 2.96. The zero-order valence-electron chi connectivity index (χ0n) is 21.6. The summed E-state index contributed by atoms with van der Waals surface area (Å²) in [6.45, 7) is 2.04. The molecule has 1 aliphatic heterocycles. The first-order valence-electron chi connectivity index (χ1n) is 12.5. The van der Waals surface area contributed by atoms with Crippen molar-refractivity contribution >= 4 is 17.6 Å². The Bertz CT molecular complexity index is 1610. The minimum absolute atomic E-state index is 0.00905. The topological polar surface area (TPSA) is 104 Å². The molecule has 1 atom stereocenters. The van der Waals surface area contributed by atoms with Gasteiger partial charge in [-0.25, -0.2) is 4.79 Å². The van der Waals surface area contributed by atoms with Crippen molar-refractivity contribution in [1.29, 1.82) is 5.26 Å². The maximum Gasteiger partial charge on any atom is 0.349 e. The van der Waals surface area contributed by atoms with Crippen molar-refractivity contribution in [2.24, 2.45) is 5.73 Å². The third-order valence-electron chi connectivity index (χ3n) is 6.37. The third-order valence-corrected chi connectivity index (χ3v) is 6.73. The number of benzene rings is 4. The van der Waals surface area contributed by atoms with Gasteiger partial charge in [0.2, 0.25) is 5.88 Å². The van der Waals surface area contributed by atoms with Crippen LogP contribution in [0, 0.1) is 18.3 Å². The van der Waals surface area contributed by atoms with Crippen LogP contribution in [0.25, 0.3) is 0 Å². The quantitative estimate of drug-likeness (QED) is 0.198. The van der Waals surface area contributed by atoms with E-state index in [0.29, 0.717) is 34.4 Å². The standard InChI is InChI=1S/C32H25ClN2O5/c1-20-6-10-23(11-7-20)38-19-30(36)39-25-14-15-26-29(16-25)40-32(35)27(17-34)31(26)21-8-12-24(13-9-21)37-18-22-4-2-3-5-28(22)33/h2-16,31H,18-19,35H2,1H3. The molecular formula is C32H25ClN2O5. The van der Waals surface area contributed by atoms with Gasteiger partial charge in [-0.05, 0) is 48.9 Å². The molecule has 0 amide bonds. The van der Waals surface area contributed by atoms with Gasteiger partial charge in [0.15, 0.2) is 6.61 Å². The van der Waals surface area contributed by atoms with Crippen molar-refractivity contribution in [2.45, 2.75) is 19.4 Å². The summed E-state index contributed by atoms with van der Waals surface area (Å²) in [5.41, 5.74) is 9.93. The second kappa shape index (κ2) is 11.9. The normalized spacial score (nSPS) is 14.0. The third kappa shape index (κ3) is 6.04. The molecule has 0 aromatic heterocycles. The predicted octanol–water partition coefficient (Wildman–Crippen LogP) is 6.43. The van der Waals surface area contributed by atoms with E-state index in [1.165, 1.54) is 0 Å². The highest BCUT2D eigenvalue weighted by molar-refractivity contribution is 6.31. The Kier molecular flexibility index (Phi) is 7.90. The molecule has 2 N–H and O–H groups in total. The number of halogens is 1. The van der Waals surface area contributed by atoms with Crippen molar-refractivity contribution in [3.8, 4) is 29.1 Å². The van der Waals surface area contributed by atoms with Crippen molar-refractivity contribution in [2.75, 3.05) is 6.61 Å². The molecule has 200 valence electrons. The van der Waals surface area contributed by atoms with Crippen LogP contribution in [0.4, 0.5) is 0 Å². The number of allylic oxidation sites excluding steroid dienone is 1. The van der Waals surface area contributed by atoms with E-state index < -0.39 is 11.9 Å². The number of hydrogen-bond acceptors (Lipinski definition) is 7. The fraction of sp³-hybridized carbons (Fsp3) is 0.125. The number of rotatable bonds is 8. The molecule has 5 rings (SSSR count). The second-order valence-electron chi connectivity index (χ2n) is 9.15. The summed E-state index contributed by atoms with van der Waals surface area (Å²) >= 11 is 6.22. The number of hydrogen-bond donors (Lipinski definition) is 1. The van der Waals surface area contributed by atoms with Gasteiger partial charge in [0.05, 0.1) is 5.92 Å². The van der Waals surface area contributed by atoms with Crippen molar-refractivity contribution in [1.82, 2.24) is 0 Å². The summed E-state index contributed by atoms with van der Waals surface area (Å²) in [5, 5.41) is 10.5. The van der Waals surface area contributed by atoms with Crippen LogP contribution in [0.1, 0.15) is 28.2 Å². The van der Waals surface area contributed by atoms with Crippen LogP contribution >= 0.6 is 11.6 Å². The number of nitriles is 1. The van der Waals surface area contributed by atoms with Crippen LogP contribution in [0.3, 0.4) is 0 Å². The minimum atomic E-state index is -0.568. The van der Waals surface area contributed by atoms with Crippen LogP contribution < -0.4 is 24.7 Å². The first-order chi connectivity index (χ1) is 19.4. The molecular weight excluding hydrogens is 528 g/mol. The van der Waals surface area contributed by atoms with Crippen LogP contribution in [-0.2, 0) is 11.4 Å². The minimum Gasteiger partial charge on any atom is -0.489 e. The van der Waals surface area contributed by atoms with E-state index in [2.05, 4.69) is 6.07 Å². The number of nitrogens with two attached hydrogens (primary N) is 1. The molecule has 0 bridgehead atoms. The van der Waals surface area contributed by atoms with Gasteiger partial charge < -0.3 is 24.7 Å². The van der Waals surface area contributed by atoms with Gasteiger partial charge in [-0.1, -0.05) is 65.7 Å². The molecule has 0 saturated heterocycles. The summed E-state index contributed by atoms with van der Waals surface area (Å²) in [6, 6.07) is 29.4. The van der Waals surface area contributed by atoms with E-state index in [4.69, 9.17) is 36.3 Å². The lowest BCUT2D eigenvalue weighted by Gasteiger charge is -2.26. The van der Waals surface area contributed by atoms with Gasteiger partial charge in [-0.3, -0.25) is 0 Å². The Morgan fingerprint density at radius 2 is 1.62 bits per heavy atom. The van der Waals surface area contributed by atoms with Crippen LogP contribution in [0.5, 0.6) is 23.0 Å². The van der Waals surface area contributed by atoms with Crippen molar-refractivity contribution in [3.05, 3.63) is 130 Å². The lowest BCUT2D eigenvalue weighted by atomic mass is 9.83. The zero-order valence-corrected chi connectivity index (χ0v) is 22.4. The highest BCUT2D eigenvalue weighted by atomic mass is 35.5. The monoisotopic (exact) mass is 552 g/mol. The van der Waals surface area contributed by atoms with E-state index >= 15 is 0 Å². The summed E-state index contributed by atoms with van der Waals surface area (Å²) in [7, 11) is 0. The number of aryl methyl sites for hydroxylation is 1. The molecule has 0 saturated carbocycles. The summed E-state index contributed by atoms with van der Waals surface area (Å²) < 4.78 is 22.6. The molecule has 0 spiro atoms. The number of fused-ring (bicyclic) bond motifs is 1. The van der Waals surface area contributed by atoms with Crippen molar-refractivity contribution in [3.63, 3.8) is 0 Å². The SMILES string of the molecule is Cc1ccc(OCC(=O)Oc2ccc3c(c2)OC(N)=C(C#N)C3c2ccc(OCc3ccccc3Cl)cc2)cc1. The number of carbonyl (C=O) groups is 1. The number of ether oxygens (including phenoxy) is 4. The van der Waals surface area contributed by atoms with Gasteiger partial charge in [0.25, 0.3) is 0 Å². The molecule has 0 radical (unpaired) electrons. The molecule has 4 aromatic rings. The molecule has 0 aliphatic carbocycles. The fourth-order valence-electron chi connectivity index (χ4n) is 4.31. The van der Waals surface area contributed by atoms with E-state index in [1.807, 2.05) is 67.6 Å². The van der Waals surface area contributed by atoms with E-state index in [0.717, 1.165) is 16.7 Å². The Morgan fingerprint density at radius 1 is 0.950 bits per heavy atom. The molecule has 1 heterocycles. The lowest BCUT2D eigenvalue weighted by Crippen LogP contribution is -2.21. The predicted molar refractivity (Wildman–Crippen MR) is 150 cm³/mol. The number of carbonyl (C=O) groups excluding carboxylic acids is 1. The largest absolute Gasteiger partial charge is 0.489 e. The van der Waals surface area contributed by atoms with E-state index in [-0.39, 0.29) is 23.8 Å². The number of nitrogens with zero attached hydrogens (tertiary/aromatic N) is 1. The fourth-order valence-corrected chi connectivity index (χ4v) is 4.50. The smallest absolute Gasteiger partial charge is 0.349 e. The summed E-state index contributed by atoms with van der Waals surface area (Å²) in [5.74, 6) is 0.840. The molecule has 1 unspecified atom stereocenters. The Labute approximate surface area is 236 Å². The first kappa shape index (κ1) is 26.7. The van der Waals surface area contributed by atoms with Gasteiger partial charge in [-0.2, -0.15) is 5.26 Å². The molecule has 40 heavy (non-hydrogen) atoms. The first-order valence-corrected chi connectivity index (χ1v) is 12.9. The molecule has 1 aliphatic rings. The second-order valence-corrected chi connectivity index (χ2v) is 9.56. The van der Waals surface area contributed by atoms with Gasteiger partial charge in [-0.15, -0.1) is 0 Å². The summed E-state index contributed by atoms with van der Waals surface area (Å²) in [6.07, 6.45) is 0. The van der Waals surface area contributed by atoms with Crippen LogP contribution in [0.15, 0.2) is 102 Å². The molecule has 7 nitrogen and oxygen atoms in total. The zero-order chi connectivity index (χ0) is 28.1. The van der Waals surface area contributed by atoms with Crippen LogP contribution in [0.2, 0.25) is 5.02 Å².